The van der Waals surface area contributed by atoms with Crippen LogP contribution in [0.4, 0.5) is 11.5 Å². The predicted octanol–water partition coefficient (Wildman–Crippen LogP) is 1.95. The van der Waals surface area contributed by atoms with Gasteiger partial charge in [0.05, 0.1) is 23.2 Å². The normalized spacial score (nSPS) is 13.6. The fraction of sp³-hybridized carbons (Fsp3) is 0.292. The number of aryl methyl sites for hydroxylation is 1. The number of pyridine rings is 3. The third-order valence-corrected chi connectivity index (χ3v) is 6.94. The molecule has 11 nitrogen and oxygen atoms in total. The van der Waals surface area contributed by atoms with Crippen LogP contribution in [0.2, 0.25) is 0 Å². The van der Waals surface area contributed by atoms with Gasteiger partial charge in [-0.1, -0.05) is 0 Å². The standard InChI is InChI=1S/C24H23N7O4S/c1-13-6-19(30-9-14(10-30)18(32)7-15-4-5-16(8-25-15)29(2)3)28-22-20(13)21(33)17(23(34)35)11-31(22)24-26-12-27-36-24/h4-6,8,11-12,14H,7,9-10H2,1-3H3,(H,34,35). The maximum absolute atomic E-state index is 12.9. The van der Waals surface area contributed by atoms with Crippen molar-refractivity contribution in [3.05, 3.63) is 64.0 Å². The number of rotatable bonds is 7. The molecule has 1 fully saturated rings. The summed E-state index contributed by atoms with van der Waals surface area (Å²) in [5.41, 5.74) is 1.65. The molecule has 0 radical (unpaired) electrons. The molecule has 5 heterocycles. The molecule has 0 saturated carbocycles. The molecule has 36 heavy (non-hydrogen) atoms. The van der Waals surface area contributed by atoms with E-state index in [1.807, 2.05) is 36.0 Å². The summed E-state index contributed by atoms with van der Waals surface area (Å²) >= 11 is 1.06. The van der Waals surface area contributed by atoms with Gasteiger partial charge < -0.3 is 14.9 Å². The Morgan fingerprint density at radius 1 is 1.22 bits per heavy atom. The number of hydrogen-bond acceptors (Lipinski definition) is 10. The molecular formula is C24H23N7O4S. The lowest BCUT2D eigenvalue weighted by Crippen LogP contribution is -2.51. The number of hydrogen-bond donors (Lipinski definition) is 1. The number of anilines is 2. The molecule has 1 saturated heterocycles. The van der Waals surface area contributed by atoms with Crippen molar-refractivity contribution in [3.63, 3.8) is 0 Å². The zero-order valence-electron chi connectivity index (χ0n) is 19.9. The highest BCUT2D eigenvalue weighted by atomic mass is 32.1. The second kappa shape index (κ2) is 9.11. The Morgan fingerprint density at radius 3 is 2.61 bits per heavy atom. The molecule has 5 rings (SSSR count). The van der Waals surface area contributed by atoms with Gasteiger partial charge in [0, 0.05) is 57.0 Å². The summed E-state index contributed by atoms with van der Waals surface area (Å²) in [5.74, 6) is -0.736. The van der Waals surface area contributed by atoms with E-state index in [9.17, 15) is 19.5 Å². The van der Waals surface area contributed by atoms with Gasteiger partial charge in [-0.25, -0.2) is 14.8 Å². The Kier molecular flexibility index (Phi) is 5.96. The molecule has 1 aliphatic heterocycles. The lowest BCUT2D eigenvalue weighted by Gasteiger charge is -2.39. The second-order valence-electron chi connectivity index (χ2n) is 8.91. The number of fused-ring (bicyclic) bond motifs is 1. The van der Waals surface area contributed by atoms with E-state index in [2.05, 4.69) is 19.3 Å². The first-order valence-electron chi connectivity index (χ1n) is 11.2. The summed E-state index contributed by atoms with van der Waals surface area (Å²) in [7, 11) is 3.87. The molecule has 184 valence electrons. The Balaban J connectivity index is 1.40. The van der Waals surface area contributed by atoms with Crippen molar-refractivity contribution in [2.75, 3.05) is 37.0 Å². The zero-order valence-corrected chi connectivity index (χ0v) is 20.7. The van der Waals surface area contributed by atoms with Gasteiger partial charge in [-0.2, -0.15) is 4.37 Å². The van der Waals surface area contributed by atoms with E-state index in [1.165, 1.54) is 17.1 Å². The van der Waals surface area contributed by atoms with Gasteiger partial charge in [0.2, 0.25) is 10.6 Å². The van der Waals surface area contributed by atoms with Gasteiger partial charge >= 0.3 is 5.97 Å². The molecule has 0 bridgehead atoms. The summed E-state index contributed by atoms with van der Waals surface area (Å²) < 4.78 is 5.47. The number of carboxylic acids is 1. The highest BCUT2D eigenvalue weighted by Gasteiger charge is 2.34. The van der Waals surface area contributed by atoms with Gasteiger partial charge in [0.15, 0.2) is 5.65 Å². The smallest absolute Gasteiger partial charge is 0.341 e. The number of aromatic carboxylic acids is 1. The van der Waals surface area contributed by atoms with Crippen molar-refractivity contribution in [2.45, 2.75) is 13.3 Å². The SMILES string of the molecule is Cc1cc(N2CC(C(=O)Cc3ccc(N(C)C)cn3)C2)nc2c1c(=O)c(C(=O)O)cn2-c1ncns1. The van der Waals surface area contributed by atoms with Crippen LogP contribution in [0.25, 0.3) is 16.2 Å². The quantitative estimate of drug-likeness (QED) is 0.397. The first-order valence-corrected chi connectivity index (χ1v) is 12.0. The Morgan fingerprint density at radius 2 is 2.00 bits per heavy atom. The van der Waals surface area contributed by atoms with Crippen LogP contribution in [0.15, 0.2) is 41.7 Å². The monoisotopic (exact) mass is 505 g/mol. The van der Waals surface area contributed by atoms with Gasteiger partial charge in [-0.3, -0.25) is 19.1 Å². The Labute approximate surface area is 209 Å². The lowest BCUT2D eigenvalue weighted by molar-refractivity contribution is -0.123. The van der Waals surface area contributed by atoms with Crippen molar-refractivity contribution in [3.8, 4) is 5.13 Å². The number of carbonyl (C=O) groups excluding carboxylic acids is 1. The zero-order chi connectivity index (χ0) is 25.6. The number of carboxylic acid groups (broad SMARTS) is 1. The van der Waals surface area contributed by atoms with Gasteiger partial charge in [-0.15, -0.1) is 0 Å². The Hall–Kier alpha value is -4.19. The van der Waals surface area contributed by atoms with Crippen LogP contribution in [0, 0.1) is 12.8 Å². The second-order valence-corrected chi connectivity index (χ2v) is 9.67. The maximum Gasteiger partial charge on any atom is 0.341 e. The van der Waals surface area contributed by atoms with Crippen molar-refractivity contribution >= 4 is 45.8 Å². The van der Waals surface area contributed by atoms with Crippen LogP contribution < -0.4 is 15.2 Å². The number of ketones is 1. The van der Waals surface area contributed by atoms with E-state index < -0.39 is 11.4 Å². The first kappa shape index (κ1) is 23.5. The fourth-order valence-corrected chi connectivity index (χ4v) is 4.70. The van der Waals surface area contributed by atoms with Gasteiger partial charge in [0.25, 0.3) is 0 Å². The van der Waals surface area contributed by atoms with Crippen LogP contribution >= 0.6 is 11.5 Å². The molecule has 0 spiro atoms. The third-order valence-electron chi connectivity index (χ3n) is 6.27. The van der Waals surface area contributed by atoms with E-state index in [1.54, 1.807) is 19.2 Å². The van der Waals surface area contributed by atoms with Crippen molar-refractivity contribution < 1.29 is 14.7 Å². The number of nitrogens with zero attached hydrogens (tertiary/aromatic N) is 7. The summed E-state index contributed by atoms with van der Waals surface area (Å²) in [6.45, 7) is 2.75. The molecular weight excluding hydrogens is 482 g/mol. The van der Waals surface area contributed by atoms with Crippen molar-refractivity contribution in [1.29, 1.82) is 0 Å². The summed E-state index contributed by atoms with van der Waals surface area (Å²) in [5, 5.41) is 10.2. The lowest BCUT2D eigenvalue weighted by atomic mass is 9.92. The Bertz CT molecular complexity index is 1530. The molecule has 1 N–H and O–H groups in total. The van der Waals surface area contributed by atoms with E-state index in [-0.39, 0.29) is 29.1 Å². The highest BCUT2D eigenvalue weighted by molar-refractivity contribution is 7.08. The number of Topliss-reactive ketones (excluding diaryl/α,β-unsaturated/α-hetero) is 1. The minimum Gasteiger partial charge on any atom is -0.477 e. The van der Waals surface area contributed by atoms with Crippen LogP contribution in [0.5, 0.6) is 0 Å². The maximum atomic E-state index is 12.9. The number of carbonyl (C=O) groups is 2. The van der Waals surface area contributed by atoms with Crippen molar-refractivity contribution in [1.82, 2.24) is 23.9 Å². The molecule has 12 heteroatoms. The molecule has 1 aliphatic rings. The van der Waals surface area contributed by atoms with E-state index in [4.69, 9.17) is 0 Å². The highest BCUT2D eigenvalue weighted by Crippen LogP contribution is 2.29. The van der Waals surface area contributed by atoms with Crippen LogP contribution in [0.1, 0.15) is 21.6 Å². The third kappa shape index (κ3) is 4.19. The van der Waals surface area contributed by atoms with Gasteiger partial charge in [0.1, 0.15) is 23.5 Å². The van der Waals surface area contributed by atoms with E-state index in [0.717, 1.165) is 22.9 Å². The fourth-order valence-electron chi connectivity index (χ4n) is 4.19. The van der Waals surface area contributed by atoms with Crippen molar-refractivity contribution in [2.24, 2.45) is 5.92 Å². The molecule has 0 aliphatic carbocycles. The van der Waals surface area contributed by atoms with Crippen LogP contribution in [-0.2, 0) is 11.2 Å². The summed E-state index contributed by atoms with van der Waals surface area (Å²) in [4.78, 5) is 54.6. The average Bonchev–Trinajstić information content (AvgIpc) is 3.33. The predicted molar refractivity (Wildman–Crippen MR) is 135 cm³/mol. The van der Waals surface area contributed by atoms with E-state index >= 15 is 0 Å². The van der Waals surface area contributed by atoms with Crippen LogP contribution in [-0.4, -0.2) is 67.9 Å². The molecule has 0 aromatic carbocycles. The first-order chi connectivity index (χ1) is 17.2. The topological polar surface area (TPSA) is 134 Å². The number of aromatic nitrogens is 5. The largest absolute Gasteiger partial charge is 0.477 e. The van der Waals surface area contributed by atoms with E-state index in [0.29, 0.717) is 35.2 Å². The average molecular weight is 506 g/mol. The molecule has 0 amide bonds. The molecule has 0 atom stereocenters. The molecule has 0 unspecified atom stereocenters. The minimum atomic E-state index is -1.32. The molecule has 4 aromatic rings. The summed E-state index contributed by atoms with van der Waals surface area (Å²) in [6.07, 6.45) is 4.62. The van der Waals surface area contributed by atoms with Crippen LogP contribution in [0.3, 0.4) is 0 Å². The minimum absolute atomic E-state index is 0.116. The molecule has 4 aromatic heterocycles. The summed E-state index contributed by atoms with van der Waals surface area (Å²) in [6, 6.07) is 5.57. The van der Waals surface area contributed by atoms with Gasteiger partial charge in [-0.05, 0) is 30.7 Å².